The first-order valence-corrected chi connectivity index (χ1v) is 6.46. The van der Waals surface area contributed by atoms with E-state index in [2.05, 4.69) is 16.9 Å². The van der Waals surface area contributed by atoms with Crippen molar-refractivity contribution in [1.29, 1.82) is 0 Å². The zero-order valence-electron chi connectivity index (χ0n) is 11.8. The van der Waals surface area contributed by atoms with E-state index in [1.807, 2.05) is 38.1 Å². The number of aliphatic imine (C=N–C) groups is 1. The predicted octanol–water partition coefficient (Wildman–Crippen LogP) is 2.24. The number of nitrogens with two attached hydrogens (primary N) is 1. The summed E-state index contributed by atoms with van der Waals surface area (Å²) in [5.74, 6) is 1.39. The number of nitrogens with one attached hydrogen (secondary N) is 1. The number of guanidine groups is 1. The van der Waals surface area contributed by atoms with Crippen LogP contribution in [0.15, 0.2) is 41.4 Å². The lowest BCUT2D eigenvalue weighted by Crippen LogP contribution is -2.33. The van der Waals surface area contributed by atoms with Gasteiger partial charge in [0.2, 0.25) is 0 Å². The quantitative estimate of drug-likeness (QED) is 0.342. The largest absolute Gasteiger partial charge is 0.493 e. The van der Waals surface area contributed by atoms with Crippen molar-refractivity contribution in [2.45, 2.75) is 20.3 Å². The maximum Gasteiger partial charge on any atom is 0.188 e. The summed E-state index contributed by atoms with van der Waals surface area (Å²) in [7, 11) is 0. The van der Waals surface area contributed by atoms with Gasteiger partial charge in [-0.2, -0.15) is 0 Å². The van der Waals surface area contributed by atoms with Crippen LogP contribution in [0.5, 0.6) is 5.75 Å². The molecule has 1 aromatic carbocycles. The zero-order valence-corrected chi connectivity index (χ0v) is 11.8. The van der Waals surface area contributed by atoms with Gasteiger partial charge in [0.1, 0.15) is 5.75 Å². The highest BCUT2D eigenvalue weighted by molar-refractivity contribution is 5.77. The Morgan fingerprint density at radius 2 is 2.16 bits per heavy atom. The van der Waals surface area contributed by atoms with Crippen LogP contribution < -0.4 is 15.8 Å². The molecule has 0 saturated heterocycles. The maximum atomic E-state index is 5.70. The summed E-state index contributed by atoms with van der Waals surface area (Å²) in [6.45, 7) is 9.70. The molecule has 4 heteroatoms. The minimum absolute atomic E-state index is 0.457. The number of aryl methyl sites for hydroxylation is 1. The molecule has 0 aliphatic carbocycles. The topological polar surface area (TPSA) is 59.6 Å². The van der Waals surface area contributed by atoms with E-state index < -0.39 is 0 Å². The van der Waals surface area contributed by atoms with Crippen molar-refractivity contribution in [3.63, 3.8) is 0 Å². The van der Waals surface area contributed by atoms with Crippen LogP contribution in [0.25, 0.3) is 0 Å². The molecule has 0 unspecified atom stereocenters. The minimum atomic E-state index is 0.457. The predicted molar refractivity (Wildman–Crippen MR) is 80.6 cm³/mol. The number of nitrogens with zero attached hydrogens (tertiary/aromatic N) is 1. The fourth-order valence-electron chi connectivity index (χ4n) is 1.47. The first-order valence-electron chi connectivity index (χ1n) is 6.46. The smallest absolute Gasteiger partial charge is 0.188 e. The van der Waals surface area contributed by atoms with E-state index in [-0.39, 0.29) is 0 Å². The number of hydrogen-bond acceptors (Lipinski definition) is 2. The summed E-state index contributed by atoms with van der Waals surface area (Å²) in [5.41, 5.74) is 7.84. The van der Waals surface area contributed by atoms with Gasteiger partial charge < -0.3 is 15.8 Å². The lowest BCUT2D eigenvalue weighted by Gasteiger charge is -2.09. The van der Waals surface area contributed by atoms with Gasteiger partial charge in [0, 0.05) is 6.54 Å². The molecule has 1 aromatic rings. The molecule has 0 radical (unpaired) electrons. The molecular weight excluding hydrogens is 238 g/mol. The van der Waals surface area contributed by atoms with Gasteiger partial charge >= 0.3 is 0 Å². The third-order valence-electron chi connectivity index (χ3n) is 2.50. The molecule has 0 aliphatic rings. The summed E-state index contributed by atoms with van der Waals surface area (Å²) in [6.07, 6.45) is 0.873. The summed E-state index contributed by atoms with van der Waals surface area (Å²) in [6, 6.07) is 7.99. The van der Waals surface area contributed by atoms with Gasteiger partial charge in [-0.25, -0.2) is 4.99 Å². The van der Waals surface area contributed by atoms with Gasteiger partial charge in [0.25, 0.3) is 0 Å². The summed E-state index contributed by atoms with van der Waals surface area (Å²) >= 11 is 0. The molecular formula is C15H23N3O. The Bertz CT molecular complexity index is 441. The second kappa shape index (κ2) is 8.19. The average Bonchev–Trinajstić information content (AvgIpc) is 2.38. The molecule has 0 bridgehead atoms. The first kappa shape index (κ1) is 15.1. The fourth-order valence-corrected chi connectivity index (χ4v) is 1.47. The van der Waals surface area contributed by atoms with Crippen molar-refractivity contribution in [3.05, 3.63) is 42.0 Å². The molecule has 3 N–H and O–H groups in total. The Balaban J connectivity index is 2.16. The van der Waals surface area contributed by atoms with Gasteiger partial charge in [-0.3, -0.25) is 0 Å². The zero-order chi connectivity index (χ0) is 14.1. The first-order chi connectivity index (χ1) is 9.09. The molecule has 0 aliphatic heterocycles. The summed E-state index contributed by atoms with van der Waals surface area (Å²) in [5, 5.41) is 3.05. The molecule has 19 heavy (non-hydrogen) atoms. The molecule has 0 heterocycles. The van der Waals surface area contributed by atoms with E-state index in [4.69, 9.17) is 10.5 Å². The molecule has 0 atom stereocenters. The van der Waals surface area contributed by atoms with E-state index in [1.165, 1.54) is 0 Å². The molecule has 0 fully saturated rings. The van der Waals surface area contributed by atoms with Gasteiger partial charge in [0.05, 0.1) is 13.2 Å². The normalized spacial score (nSPS) is 11.2. The van der Waals surface area contributed by atoms with Crippen molar-refractivity contribution >= 4 is 5.96 Å². The summed E-state index contributed by atoms with van der Waals surface area (Å²) in [4.78, 5) is 4.14. The van der Waals surface area contributed by atoms with Crippen LogP contribution >= 0.6 is 0 Å². The molecule has 0 spiro atoms. The standard InChI is InChI=1S/C15H23N3O/c1-12(2)11-18-15(16)17-9-6-10-19-14-8-5-4-7-13(14)3/h4-5,7-8H,1,6,9-11H2,2-3H3,(H3,16,17,18). The number of rotatable bonds is 7. The average molecular weight is 261 g/mol. The van der Waals surface area contributed by atoms with Gasteiger partial charge in [-0.15, -0.1) is 0 Å². The number of benzene rings is 1. The monoisotopic (exact) mass is 261 g/mol. The van der Waals surface area contributed by atoms with Crippen molar-refractivity contribution < 1.29 is 4.74 Å². The van der Waals surface area contributed by atoms with Crippen molar-refractivity contribution in [1.82, 2.24) is 5.32 Å². The molecule has 104 valence electrons. The number of para-hydroxylation sites is 1. The van der Waals surface area contributed by atoms with Crippen LogP contribution in [0.2, 0.25) is 0 Å². The van der Waals surface area contributed by atoms with Gasteiger partial charge in [-0.05, 0) is 31.9 Å². The Kier molecular flexibility index (Phi) is 6.50. The lowest BCUT2D eigenvalue weighted by molar-refractivity contribution is 0.309. The van der Waals surface area contributed by atoms with Crippen molar-refractivity contribution in [3.8, 4) is 5.75 Å². The van der Waals surface area contributed by atoms with Gasteiger partial charge in [0.15, 0.2) is 5.96 Å². The second-order valence-electron chi connectivity index (χ2n) is 4.55. The molecule has 1 rings (SSSR count). The Hall–Kier alpha value is -1.97. The van der Waals surface area contributed by atoms with Crippen molar-refractivity contribution in [2.24, 2.45) is 10.7 Å². The maximum absolute atomic E-state index is 5.70. The van der Waals surface area contributed by atoms with Crippen LogP contribution in [-0.4, -0.2) is 25.7 Å². The van der Waals surface area contributed by atoms with Gasteiger partial charge in [-0.1, -0.05) is 30.4 Å². The van der Waals surface area contributed by atoms with Crippen LogP contribution in [0.4, 0.5) is 0 Å². The fraction of sp³-hybridized carbons (Fsp3) is 0.400. The van der Waals surface area contributed by atoms with Crippen LogP contribution in [0.1, 0.15) is 18.9 Å². The highest BCUT2D eigenvalue weighted by Crippen LogP contribution is 2.15. The number of hydrogen-bond donors (Lipinski definition) is 2. The Morgan fingerprint density at radius 3 is 2.84 bits per heavy atom. The highest BCUT2D eigenvalue weighted by Gasteiger charge is 1.97. The molecule has 0 aromatic heterocycles. The van der Waals surface area contributed by atoms with E-state index in [0.717, 1.165) is 29.9 Å². The lowest BCUT2D eigenvalue weighted by atomic mass is 10.2. The van der Waals surface area contributed by atoms with Crippen molar-refractivity contribution in [2.75, 3.05) is 19.7 Å². The second-order valence-corrected chi connectivity index (χ2v) is 4.55. The third kappa shape index (κ3) is 6.50. The molecule has 0 amide bonds. The SMILES string of the molecule is C=C(C)CN=C(N)NCCCOc1ccccc1C. The Labute approximate surface area is 115 Å². The molecule has 4 nitrogen and oxygen atoms in total. The third-order valence-corrected chi connectivity index (χ3v) is 2.50. The van der Waals surface area contributed by atoms with Crippen LogP contribution in [0, 0.1) is 6.92 Å². The molecule has 0 saturated carbocycles. The highest BCUT2D eigenvalue weighted by atomic mass is 16.5. The van der Waals surface area contributed by atoms with E-state index in [1.54, 1.807) is 0 Å². The van der Waals surface area contributed by atoms with E-state index in [9.17, 15) is 0 Å². The minimum Gasteiger partial charge on any atom is -0.493 e. The van der Waals surface area contributed by atoms with Crippen LogP contribution in [0.3, 0.4) is 0 Å². The number of ether oxygens (including phenoxy) is 1. The van der Waals surface area contributed by atoms with E-state index in [0.29, 0.717) is 19.1 Å². The van der Waals surface area contributed by atoms with Crippen LogP contribution in [-0.2, 0) is 0 Å². The Morgan fingerprint density at radius 1 is 1.42 bits per heavy atom. The van der Waals surface area contributed by atoms with E-state index >= 15 is 0 Å². The summed E-state index contributed by atoms with van der Waals surface area (Å²) < 4.78 is 5.68.